The van der Waals surface area contributed by atoms with Gasteiger partial charge in [0.05, 0.1) is 24.2 Å². The number of carbonyl (C=O) groups is 2. The molecule has 1 heterocycles. The predicted octanol–water partition coefficient (Wildman–Crippen LogP) is 3.61. The van der Waals surface area contributed by atoms with Gasteiger partial charge in [-0.05, 0) is 49.1 Å². The topological polar surface area (TPSA) is 58.6 Å². The van der Waals surface area contributed by atoms with Crippen LogP contribution in [-0.4, -0.2) is 37.4 Å². The van der Waals surface area contributed by atoms with Gasteiger partial charge in [-0.3, -0.25) is 9.59 Å². The molecule has 132 valence electrons. The second-order valence-corrected chi connectivity index (χ2v) is 7.54. The molecule has 3 rings (SSSR count). The number of thiophene rings is 1. The second kappa shape index (κ2) is 7.45. The summed E-state index contributed by atoms with van der Waals surface area (Å²) in [7, 11) is 3.15. The van der Waals surface area contributed by atoms with Crippen molar-refractivity contribution in [2.75, 3.05) is 26.0 Å². The highest BCUT2D eigenvalue weighted by Crippen LogP contribution is 2.31. The summed E-state index contributed by atoms with van der Waals surface area (Å²) in [5.41, 5.74) is 1.76. The first-order valence-electron chi connectivity index (χ1n) is 7.98. The zero-order chi connectivity index (χ0) is 18.0. The summed E-state index contributed by atoms with van der Waals surface area (Å²) < 4.78 is 5.21. The van der Waals surface area contributed by atoms with Crippen LogP contribution in [0.25, 0.3) is 0 Å². The highest BCUT2D eigenvalue weighted by atomic mass is 35.5. The van der Waals surface area contributed by atoms with Crippen LogP contribution in [-0.2, 0) is 17.6 Å². The van der Waals surface area contributed by atoms with Crippen LogP contribution in [0, 0.1) is 0 Å². The van der Waals surface area contributed by atoms with Crippen LogP contribution in [0.3, 0.4) is 0 Å². The van der Waals surface area contributed by atoms with E-state index in [1.54, 1.807) is 25.2 Å². The van der Waals surface area contributed by atoms with Crippen LogP contribution in [0.1, 0.15) is 26.5 Å². The molecular weight excluding hydrogens is 360 g/mol. The Morgan fingerprint density at radius 3 is 2.84 bits per heavy atom. The van der Waals surface area contributed by atoms with Gasteiger partial charge in [-0.1, -0.05) is 11.6 Å². The van der Waals surface area contributed by atoms with Crippen molar-refractivity contribution in [2.24, 2.45) is 0 Å². The fraction of sp³-hybridized carbons (Fsp3) is 0.333. The fourth-order valence-corrected chi connectivity index (χ4v) is 4.30. The molecule has 1 N–H and O–H groups in total. The second-order valence-electron chi connectivity index (χ2n) is 5.97. The number of methoxy groups -OCH3 is 1. The third kappa shape index (κ3) is 3.96. The average molecular weight is 379 g/mol. The van der Waals surface area contributed by atoms with Crippen LogP contribution in [0.4, 0.5) is 5.69 Å². The maximum absolute atomic E-state index is 12.5. The lowest BCUT2D eigenvalue weighted by Gasteiger charge is -2.17. The number of ether oxygens (including phenoxy) is 1. The number of halogens is 1. The van der Waals surface area contributed by atoms with Crippen LogP contribution in [0.2, 0.25) is 5.02 Å². The number of amides is 2. The Morgan fingerprint density at radius 1 is 1.32 bits per heavy atom. The Kier molecular flexibility index (Phi) is 5.30. The first-order valence-corrected chi connectivity index (χ1v) is 9.18. The number of benzene rings is 1. The van der Waals surface area contributed by atoms with E-state index in [0.29, 0.717) is 21.3 Å². The summed E-state index contributed by atoms with van der Waals surface area (Å²) in [5.74, 6) is 0.0783. The normalized spacial score (nSPS) is 12.6. The van der Waals surface area contributed by atoms with Crippen LogP contribution >= 0.6 is 22.9 Å². The molecule has 1 aliphatic rings. The first-order chi connectivity index (χ1) is 12.0. The zero-order valence-electron chi connectivity index (χ0n) is 14.1. The van der Waals surface area contributed by atoms with Crippen molar-refractivity contribution in [3.63, 3.8) is 0 Å². The molecule has 2 amide bonds. The number of fused-ring (bicyclic) bond motifs is 1. The van der Waals surface area contributed by atoms with Gasteiger partial charge in [0, 0.05) is 16.9 Å². The van der Waals surface area contributed by atoms with Gasteiger partial charge < -0.3 is 15.0 Å². The molecule has 1 aromatic heterocycles. The highest BCUT2D eigenvalue weighted by molar-refractivity contribution is 7.14. The number of hydrogen-bond donors (Lipinski definition) is 1. The fourth-order valence-electron chi connectivity index (χ4n) is 2.88. The third-order valence-electron chi connectivity index (χ3n) is 4.12. The van der Waals surface area contributed by atoms with Crippen LogP contribution in [0.15, 0.2) is 24.3 Å². The van der Waals surface area contributed by atoms with E-state index in [2.05, 4.69) is 5.32 Å². The van der Waals surface area contributed by atoms with Crippen molar-refractivity contribution >= 4 is 40.4 Å². The third-order valence-corrected chi connectivity index (χ3v) is 5.58. The molecule has 0 bridgehead atoms. The minimum Gasteiger partial charge on any atom is -0.495 e. The smallest absolute Gasteiger partial charge is 0.264 e. The van der Waals surface area contributed by atoms with E-state index in [0.717, 1.165) is 19.3 Å². The average Bonchev–Trinajstić information content (AvgIpc) is 3.15. The van der Waals surface area contributed by atoms with Gasteiger partial charge in [0.1, 0.15) is 5.75 Å². The van der Waals surface area contributed by atoms with Crippen molar-refractivity contribution in [1.29, 1.82) is 0 Å². The lowest BCUT2D eigenvalue weighted by molar-refractivity contribution is -0.116. The predicted molar refractivity (Wildman–Crippen MR) is 99.9 cm³/mol. The van der Waals surface area contributed by atoms with Gasteiger partial charge in [-0.2, -0.15) is 0 Å². The maximum atomic E-state index is 12.5. The molecule has 25 heavy (non-hydrogen) atoms. The van der Waals surface area contributed by atoms with Crippen LogP contribution in [0.5, 0.6) is 5.75 Å². The van der Waals surface area contributed by atoms with E-state index < -0.39 is 0 Å². The molecule has 1 aliphatic carbocycles. The van der Waals surface area contributed by atoms with Crippen molar-refractivity contribution in [3.8, 4) is 5.75 Å². The van der Waals surface area contributed by atoms with E-state index in [1.165, 1.54) is 33.8 Å². The molecule has 0 radical (unpaired) electrons. The largest absolute Gasteiger partial charge is 0.495 e. The number of aryl methyl sites for hydroxylation is 2. The molecule has 0 aliphatic heterocycles. The van der Waals surface area contributed by atoms with E-state index in [9.17, 15) is 9.59 Å². The summed E-state index contributed by atoms with van der Waals surface area (Å²) in [6.45, 7) is -0.0446. The van der Waals surface area contributed by atoms with E-state index >= 15 is 0 Å². The minimum atomic E-state index is -0.305. The molecule has 5 nitrogen and oxygen atoms in total. The van der Waals surface area contributed by atoms with Crippen LogP contribution < -0.4 is 10.1 Å². The van der Waals surface area contributed by atoms with Gasteiger partial charge in [0.2, 0.25) is 5.91 Å². The van der Waals surface area contributed by atoms with Crippen molar-refractivity contribution in [3.05, 3.63) is 44.6 Å². The van der Waals surface area contributed by atoms with Gasteiger partial charge in [0.15, 0.2) is 0 Å². The molecule has 0 saturated heterocycles. The summed E-state index contributed by atoms with van der Waals surface area (Å²) in [4.78, 5) is 28.2. The Hall–Kier alpha value is -2.05. The minimum absolute atomic E-state index is 0.0446. The zero-order valence-corrected chi connectivity index (χ0v) is 15.7. The van der Waals surface area contributed by atoms with Crippen molar-refractivity contribution in [1.82, 2.24) is 4.90 Å². The number of anilines is 1. The Labute approximate surface area is 155 Å². The number of hydrogen-bond acceptors (Lipinski definition) is 4. The number of nitrogens with one attached hydrogen (secondary N) is 1. The van der Waals surface area contributed by atoms with Gasteiger partial charge >= 0.3 is 0 Å². The summed E-state index contributed by atoms with van der Waals surface area (Å²) in [6.07, 6.45) is 3.25. The lowest BCUT2D eigenvalue weighted by Crippen LogP contribution is -2.34. The lowest BCUT2D eigenvalue weighted by atomic mass is 10.2. The first kappa shape index (κ1) is 17.8. The molecular formula is C18H19ClN2O3S. The Bertz CT molecular complexity index is 797. The summed E-state index contributed by atoms with van der Waals surface area (Å²) in [6, 6.07) is 6.94. The number of rotatable bonds is 5. The van der Waals surface area contributed by atoms with E-state index in [4.69, 9.17) is 16.3 Å². The summed E-state index contributed by atoms with van der Waals surface area (Å²) >= 11 is 7.50. The number of carbonyl (C=O) groups excluding carboxylic acids is 2. The van der Waals surface area contributed by atoms with Gasteiger partial charge in [-0.15, -0.1) is 11.3 Å². The Morgan fingerprint density at radius 2 is 2.12 bits per heavy atom. The van der Waals surface area contributed by atoms with E-state index in [-0.39, 0.29) is 18.4 Å². The number of likely N-dealkylation sites (N-methyl/N-ethyl adjacent to an activating group) is 1. The Balaban J connectivity index is 1.64. The quantitative estimate of drug-likeness (QED) is 0.864. The van der Waals surface area contributed by atoms with Gasteiger partial charge in [-0.25, -0.2) is 0 Å². The SMILES string of the molecule is COc1ccc(Cl)cc1NC(=O)CN(C)C(=O)c1cc2c(s1)CCC2. The molecule has 2 aromatic rings. The maximum Gasteiger partial charge on any atom is 0.264 e. The van der Waals surface area contributed by atoms with Gasteiger partial charge in [0.25, 0.3) is 5.91 Å². The number of nitrogens with zero attached hydrogens (tertiary/aromatic N) is 1. The molecule has 0 saturated carbocycles. The highest BCUT2D eigenvalue weighted by Gasteiger charge is 2.22. The molecule has 0 spiro atoms. The summed E-state index contributed by atoms with van der Waals surface area (Å²) in [5, 5.41) is 3.23. The molecule has 1 aromatic carbocycles. The molecule has 0 unspecified atom stereocenters. The monoisotopic (exact) mass is 378 g/mol. The standard InChI is InChI=1S/C18H19ClN2O3S/c1-21(18(23)16-8-11-4-3-5-15(11)25-16)10-17(22)20-13-9-12(19)6-7-14(13)24-2/h6-9H,3-5,10H2,1-2H3,(H,20,22). The van der Waals surface area contributed by atoms with Crippen molar-refractivity contribution in [2.45, 2.75) is 19.3 Å². The molecule has 0 atom stereocenters. The van der Waals surface area contributed by atoms with Crippen molar-refractivity contribution < 1.29 is 14.3 Å². The van der Waals surface area contributed by atoms with E-state index in [1.807, 2.05) is 6.07 Å². The molecule has 0 fully saturated rings. The molecule has 7 heteroatoms.